The average molecular weight is 263 g/mol. The van der Waals surface area contributed by atoms with Gasteiger partial charge in [0.1, 0.15) is 5.75 Å². The number of benzene rings is 1. The Morgan fingerprint density at radius 3 is 2.53 bits per heavy atom. The van der Waals surface area contributed by atoms with E-state index < -0.39 is 0 Å². The van der Waals surface area contributed by atoms with E-state index in [2.05, 4.69) is 5.32 Å². The van der Waals surface area contributed by atoms with E-state index in [1.54, 1.807) is 7.11 Å². The number of ether oxygens (including phenoxy) is 2. The van der Waals surface area contributed by atoms with Crippen molar-refractivity contribution in [2.24, 2.45) is 0 Å². The van der Waals surface area contributed by atoms with Crippen LogP contribution in [0.25, 0.3) is 0 Å². The second-order valence-electron chi connectivity index (χ2n) is 5.19. The number of nitrogens with one attached hydrogen (secondary N) is 1. The Morgan fingerprint density at radius 2 is 1.84 bits per heavy atom. The summed E-state index contributed by atoms with van der Waals surface area (Å²) in [6, 6.07) is 8.76. The molecule has 0 unspecified atom stereocenters. The van der Waals surface area contributed by atoms with Crippen LogP contribution < -0.4 is 10.1 Å². The Bertz CT molecular complexity index is 344. The molecule has 2 rings (SSSR count). The van der Waals surface area contributed by atoms with E-state index >= 15 is 0 Å². The monoisotopic (exact) mass is 263 g/mol. The van der Waals surface area contributed by atoms with Gasteiger partial charge in [-0.3, -0.25) is 0 Å². The Morgan fingerprint density at radius 1 is 1.11 bits per heavy atom. The molecule has 1 fully saturated rings. The molecule has 0 saturated heterocycles. The van der Waals surface area contributed by atoms with Gasteiger partial charge in [0.25, 0.3) is 0 Å². The highest BCUT2D eigenvalue weighted by Crippen LogP contribution is 2.17. The molecule has 1 N–H and O–H groups in total. The van der Waals surface area contributed by atoms with Crippen LogP contribution >= 0.6 is 0 Å². The molecule has 1 aromatic rings. The molecular weight excluding hydrogens is 238 g/mol. The van der Waals surface area contributed by atoms with Crippen molar-refractivity contribution in [2.75, 3.05) is 20.3 Å². The zero-order chi connectivity index (χ0) is 13.3. The maximum Gasteiger partial charge on any atom is 0.118 e. The fourth-order valence-corrected chi connectivity index (χ4v) is 2.55. The zero-order valence-electron chi connectivity index (χ0n) is 11.9. The maximum absolute atomic E-state index is 5.68. The summed E-state index contributed by atoms with van der Waals surface area (Å²) in [5.74, 6) is 0.891. The zero-order valence-corrected chi connectivity index (χ0v) is 11.9. The van der Waals surface area contributed by atoms with Crippen molar-refractivity contribution in [2.45, 2.75) is 44.8 Å². The quantitative estimate of drug-likeness (QED) is 0.767. The first kappa shape index (κ1) is 14.4. The highest BCUT2D eigenvalue weighted by atomic mass is 16.5. The molecule has 0 bridgehead atoms. The second kappa shape index (κ2) is 8.18. The first-order valence-corrected chi connectivity index (χ1v) is 7.32. The topological polar surface area (TPSA) is 30.5 Å². The molecular formula is C16H25NO2. The lowest BCUT2D eigenvalue weighted by Gasteiger charge is -2.22. The minimum absolute atomic E-state index is 0.677. The molecule has 3 nitrogen and oxygen atoms in total. The number of rotatable bonds is 7. The third-order valence-corrected chi connectivity index (χ3v) is 3.71. The highest BCUT2D eigenvalue weighted by Gasteiger charge is 2.11. The molecule has 0 aliphatic heterocycles. The van der Waals surface area contributed by atoms with Crippen molar-refractivity contribution >= 4 is 0 Å². The molecule has 3 heteroatoms. The van der Waals surface area contributed by atoms with Crippen LogP contribution in [0.5, 0.6) is 5.75 Å². The van der Waals surface area contributed by atoms with Crippen LogP contribution in [0.3, 0.4) is 0 Å². The molecule has 1 aliphatic carbocycles. The van der Waals surface area contributed by atoms with Crippen LogP contribution in [-0.2, 0) is 11.3 Å². The van der Waals surface area contributed by atoms with Gasteiger partial charge in [-0.1, -0.05) is 31.4 Å². The van der Waals surface area contributed by atoms with Crippen LogP contribution in [-0.4, -0.2) is 26.3 Å². The van der Waals surface area contributed by atoms with Crippen LogP contribution in [0.2, 0.25) is 0 Å². The van der Waals surface area contributed by atoms with Crippen molar-refractivity contribution < 1.29 is 9.47 Å². The van der Waals surface area contributed by atoms with Crippen LogP contribution in [0.15, 0.2) is 24.3 Å². The van der Waals surface area contributed by atoms with Crippen molar-refractivity contribution in [1.82, 2.24) is 5.32 Å². The van der Waals surface area contributed by atoms with Gasteiger partial charge in [0.05, 0.1) is 20.3 Å². The lowest BCUT2D eigenvalue weighted by molar-refractivity contribution is 0.119. The maximum atomic E-state index is 5.68. The third kappa shape index (κ3) is 5.21. The SMILES string of the molecule is COc1ccc(COCCNC2CCCCC2)cc1. The highest BCUT2D eigenvalue weighted by molar-refractivity contribution is 5.26. The fourth-order valence-electron chi connectivity index (χ4n) is 2.55. The molecule has 0 aromatic heterocycles. The van der Waals surface area contributed by atoms with Crippen LogP contribution in [0.4, 0.5) is 0 Å². The summed E-state index contributed by atoms with van der Waals surface area (Å²) in [4.78, 5) is 0. The van der Waals surface area contributed by atoms with Gasteiger partial charge >= 0.3 is 0 Å². The third-order valence-electron chi connectivity index (χ3n) is 3.71. The minimum Gasteiger partial charge on any atom is -0.497 e. The van der Waals surface area contributed by atoms with E-state index in [4.69, 9.17) is 9.47 Å². The van der Waals surface area contributed by atoms with Gasteiger partial charge in [0, 0.05) is 12.6 Å². The molecule has 1 aromatic carbocycles. The molecule has 0 heterocycles. The summed E-state index contributed by atoms with van der Waals surface area (Å²) in [6.07, 6.45) is 6.83. The molecule has 1 saturated carbocycles. The molecule has 0 spiro atoms. The van der Waals surface area contributed by atoms with Crippen molar-refractivity contribution in [3.8, 4) is 5.75 Å². The summed E-state index contributed by atoms with van der Waals surface area (Å²) >= 11 is 0. The summed E-state index contributed by atoms with van der Waals surface area (Å²) in [7, 11) is 1.68. The Labute approximate surface area is 116 Å². The van der Waals surface area contributed by atoms with Gasteiger partial charge in [-0.2, -0.15) is 0 Å². The summed E-state index contributed by atoms with van der Waals surface area (Å²) < 4.78 is 10.8. The summed E-state index contributed by atoms with van der Waals surface area (Å²) in [5.41, 5.74) is 1.19. The first-order valence-electron chi connectivity index (χ1n) is 7.32. The number of methoxy groups -OCH3 is 1. The van der Waals surface area contributed by atoms with E-state index in [1.165, 1.54) is 37.7 Å². The number of hydrogen-bond acceptors (Lipinski definition) is 3. The molecule has 0 atom stereocenters. The van der Waals surface area contributed by atoms with Crippen LogP contribution in [0.1, 0.15) is 37.7 Å². The fraction of sp³-hybridized carbons (Fsp3) is 0.625. The average Bonchev–Trinajstić information content (AvgIpc) is 2.49. The van der Waals surface area contributed by atoms with Gasteiger partial charge in [0.15, 0.2) is 0 Å². The minimum atomic E-state index is 0.677. The van der Waals surface area contributed by atoms with Crippen molar-refractivity contribution in [1.29, 1.82) is 0 Å². The number of hydrogen-bond donors (Lipinski definition) is 1. The molecule has 106 valence electrons. The van der Waals surface area contributed by atoms with Gasteiger partial charge in [-0.05, 0) is 30.5 Å². The lowest BCUT2D eigenvalue weighted by atomic mass is 9.96. The first-order chi connectivity index (χ1) is 9.38. The smallest absolute Gasteiger partial charge is 0.118 e. The Balaban J connectivity index is 1.55. The largest absolute Gasteiger partial charge is 0.497 e. The van der Waals surface area contributed by atoms with Crippen molar-refractivity contribution in [3.63, 3.8) is 0 Å². The summed E-state index contributed by atoms with van der Waals surface area (Å²) in [5, 5.41) is 3.58. The Hall–Kier alpha value is -1.06. The van der Waals surface area contributed by atoms with E-state index in [1.807, 2.05) is 24.3 Å². The van der Waals surface area contributed by atoms with Crippen molar-refractivity contribution in [3.05, 3.63) is 29.8 Å². The normalized spacial score (nSPS) is 16.5. The van der Waals surface area contributed by atoms with Gasteiger partial charge in [-0.15, -0.1) is 0 Å². The standard InChI is InChI=1S/C16H25NO2/c1-18-16-9-7-14(8-10-16)13-19-12-11-17-15-5-3-2-4-6-15/h7-10,15,17H,2-6,11-13H2,1H3. The van der Waals surface area contributed by atoms with E-state index in [0.717, 1.165) is 24.9 Å². The van der Waals surface area contributed by atoms with Gasteiger partial charge < -0.3 is 14.8 Å². The van der Waals surface area contributed by atoms with E-state index in [9.17, 15) is 0 Å². The molecule has 19 heavy (non-hydrogen) atoms. The molecule has 0 amide bonds. The van der Waals surface area contributed by atoms with E-state index in [-0.39, 0.29) is 0 Å². The van der Waals surface area contributed by atoms with Crippen LogP contribution in [0, 0.1) is 0 Å². The second-order valence-corrected chi connectivity index (χ2v) is 5.19. The van der Waals surface area contributed by atoms with E-state index in [0.29, 0.717) is 6.61 Å². The summed E-state index contributed by atoms with van der Waals surface area (Å²) in [6.45, 7) is 2.42. The van der Waals surface area contributed by atoms with Gasteiger partial charge in [-0.25, -0.2) is 0 Å². The predicted octanol–water partition coefficient (Wildman–Crippen LogP) is 3.13. The molecule has 1 aliphatic rings. The Kier molecular flexibility index (Phi) is 6.18. The molecule has 0 radical (unpaired) electrons. The van der Waals surface area contributed by atoms with Gasteiger partial charge in [0.2, 0.25) is 0 Å². The lowest BCUT2D eigenvalue weighted by Crippen LogP contribution is -2.33. The predicted molar refractivity (Wildman–Crippen MR) is 77.5 cm³/mol.